The lowest BCUT2D eigenvalue weighted by molar-refractivity contribution is 0.0686. The van der Waals surface area contributed by atoms with Crippen molar-refractivity contribution in [3.05, 3.63) is 177 Å². The number of carbonyl (C=O) groups is 4. The summed E-state index contributed by atoms with van der Waals surface area (Å²) in [6.45, 7) is 5.60. The number of aromatic nitrogens is 2. The Bertz CT molecular complexity index is 2720. The van der Waals surface area contributed by atoms with Crippen LogP contribution in [0.3, 0.4) is 0 Å². The second-order valence-electron chi connectivity index (χ2n) is 15.5. The minimum absolute atomic E-state index is 0.115. The molecule has 2 aromatic heterocycles. The van der Waals surface area contributed by atoms with Crippen LogP contribution in [0.25, 0.3) is 0 Å². The molecular formula is C48H42Cl2F2N6O8. The molecule has 18 heteroatoms. The van der Waals surface area contributed by atoms with Gasteiger partial charge < -0.3 is 40.1 Å². The quantitative estimate of drug-likeness (QED) is 0.0817. The van der Waals surface area contributed by atoms with Gasteiger partial charge in [-0.25, -0.2) is 28.3 Å². The number of anilines is 2. The number of carbonyl (C=O) groups excluding carboxylic acids is 2. The Labute approximate surface area is 387 Å². The van der Waals surface area contributed by atoms with E-state index in [1.165, 1.54) is 60.9 Å². The first-order chi connectivity index (χ1) is 31.6. The molecule has 2 aliphatic heterocycles. The molecule has 4 N–H and O–H groups in total. The predicted octanol–water partition coefficient (Wildman–Crippen LogP) is 8.66. The van der Waals surface area contributed by atoms with Crippen molar-refractivity contribution >= 4 is 58.6 Å². The summed E-state index contributed by atoms with van der Waals surface area (Å²) in [6, 6.07) is 26.8. The summed E-state index contributed by atoms with van der Waals surface area (Å²) in [7, 11) is 0. The standard InChI is InChI=1S/2C24H21ClFN3O4/c1-14(15-2-4-16(5-3-15)24(31)32)28-23(30)21-10-17(25)11-27-22(21)29-12-20(13-29)33-19-8-6-18(26)7-9-19;1-14(15-5-7-16(8-6-15)24(31)32)28-23(30)21-9-17(25)11-27-22(21)29-12-20(13-29)33-19-4-2-3-18(26)10-19/h2*2-11,14,20H,12-13H2,1H3,(H,28,30)(H,31,32)/t2*14-/m00/s1. The summed E-state index contributed by atoms with van der Waals surface area (Å²) in [6.07, 6.45) is 2.68. The molecule has 66 heavy (non-hydrogen) atoms. The topological polar surface area (TPSA) is 184 Å². The zero-order valence-electron chi connectivity index (χ0n) is 35.3. The van der Waals surface area contributed by atoms with E-state index in [1.807, 2.05) is 16.7 Å². The summed E-state index contributed by atoms with van der Waals surface area (Å²) in [4.78, 5) is 60.6. The number of hydrogen-bond acceptors (Lipinski definition) is 10. The zero-order chi connectivity index (χ0) is 47.1. The number of nitrogens with zero attached hydrogens (tertiary/aromatic N) is 4. The third kappa shape index (κ3) is 11.7. The maximum Gasteiger partial charge on any atom is 0.335 e. The van der Waals surface area contributed by atoms with Crippen molar-refractivity contribution in [2.45, 2.75) is 38.1 Å². The lowest BCUT2D eigenvalue weighted by Crippen LogP contribution is -2.54. The molecule has 0 saturated carbocycles. The molecule has 2 atom stereocenters. The van der Waals surface area contributed by atoms with Crippen LogP contribution in [0.4, 0.5) is 20.4 Å². The molecule has 0 radical (unpaired) electrons. The summed E-state index contributed by atoms with van der Waals surface area (Å²) in [5.41, 5.74) is 2.52. The van der Waals surface area contributed by atoms with Gasteiger partial charge in [-0.1, -0.05) is 53.5 Å². The number of pyridine rings is 2. The number of amides is 2. The lowest BCUT2D eigenvalue weighted by Gasteiger charge is -2.40. The van der Waals surface area contributed by atoms with Crippen molar-refractivity contribution in [1.29, 1.82) is 0 Å². The number of hydrogen-bond donors (Lipinski definition) is 4. The molecule has 4 aromatic carbocycles. The Morgan fingerprint density at radius 2 is 1.03 bits per heavy atom. The lowest BCUT2D eigenvalue weighted by atomic mass is 10.1. The van der Waals surface area contributed by atoms with Crippen molar-refractivity contribution in [2.75, 3.05) is 36.0 Å². The summed E-state index contributed by atoms with van der Waals surface area (Å²) in [5, 5.41) is 24.6. The van der Waals surface area contributed by atoms with Gasteiger partial charge in [0.15, 0.2) is 0 Å². The largest absolute Gasteiger partial charge is 0.487 e. The smallest absolute Gasteiger partial charge is 0.335 e. The van der Waals surface area contributed by atoms with Crippen molar-refractivity contribution in [1.82, 2.24) is 20.6 Å². The number of halogens is 4. The maximum absolute atomic E-state index is 13.4. The van der Waals surface area contributed by atoms with Gasteiger partial charge >= 0.3 is 11.9 Å². The summed E-state index contributed by atoms with van der Waals surface area (Å²) >= 11 is 12.2. The molecule has 0 spiro atoms. The van der Waals surface area contributed by atoms with E-state index < -0.39 is 11.9 Å². The Morgan fingerprint density at radius 3 is 1.44 bits per heavy atom. The van der Waals surface area contributed by atoms with Crippen LogP contribution in [0.1, 0.15) is 78.5 Å². The number of benzene rings is 4. The van der Waals surface area contributed by atoms with Gasteiger partial charge in [0.1, 0.15) is 47.0 Å². The molecule has 2 saturated heterocycles. The Morgan fingerprint density at radius 1 is 0.606 bits per heavy atom. The van der Waals surface area contributed by atoms with Gasteiger partial charge in [-0.2, -0.15) is 0 Å². The van der Waals surface area contributed by atoms with Gasteiger partial charge in [0.25, 0.3) is 11.8 Å². The van der Waals surface area contributed by atoms with E-state index in [0.717, 1.165) is 11.1 Å². The second kappa shape index (κ2) is 20.7. The number of rotatable bonds is 14. The van der Waals surface area contributed by atoms with Gasteiger partial charge in [0.2, 0.25) is 0 Å². The fourth-order valence-corrected chi connectivity index (χ4v) is 7.37. The molecular weight excluding hydrogens is 897 g/mol. The number of ether oxygens (including phenoxy) is 2. The van der Waals surface area contributed by atoms with E-state index in [1.54, 1.807) is 67.6 Å². The third-order valence-corrected chi connectivity index (χ3v) is 11.1. The van der Waals surface area contributed by atoms with E-state index in [2.05, 4.69) is 20.6 Å². The van der Waals surface area contributed by atoms with Gasteiger partial charge in [-0.05, 0) is 97.8 Å². The highest BCUT2D eigenvalue weighted by atomic mass is 35.5. The van der Waals surface area contributed by atoms with Crippen LogP contribution in [-0.2, 0) is 0 Å². The van der Waals surface area contributed by atoms with Gasteiger partial charge in [0.05, 0.1) is 70.6 Å². The van der Waals surface area contributed by atoms with Crippen molar-refractivity contribution in [3.8, 4) is 11.5 Å². The maximum atomic E-state index is 13.4. The second-order valence-corrected chi connectivity index (χ2v) is 16.4. The van der Waals surface area contributed by atoms with Crippen molar-refractivity contribution in [3.63, 3.8) is 0 Å². The molecule has 8 rings (SSSR count). The van der Waals surface area contributed by atoms with Crippen LogP contribution in [0, 0.1) is 11.6 Å². The van der Waals surface area contributed by atoms with E-state index in [-0.39, 0.29) is 58.9 Å². The molecule has 0 unspecified atom stereocenters. The molecule has 0 bridgehead atoms. The Balaban J connectivity index is 0.000000196. The molecule has 6 aromatic rings. The van der Waals surface area contributed by atoms with E-state index in [4.69, 9.17) is 42.9 Å². The first kappa shape index (κ1) is 46.7. The predicted molar refractivity (Wildman–Crippen MR) is 243 cm³/mol. The fourth-order valence-electron chi connectivity index (χ4n) is 7.06. The van der Waals surface area contributed by atoms with Crippen LogP contribution in [0.2, 0.25) is 10.0 Å². The number of carboxylic acid groups (broad SMARTS) is 2. The molecule has 340 valence electrons. The summed E-state index contributed by atoms with van der Waals surface area (Å²) in [5.74, 6) is -1.43. The normalized spacial score (nSPS) is 14.3. The van der Waals surface area contributed by atoms with E-state index >= 15 is 0 Å². The SMILES string of the molecule is C[C@H](NC(=O)c1cc(Cl)cnc1N1CC(Oc2ccc(F)cc2)C1)c1ccc(C(=O)O)cc1.C[C@H](NC(=O)c1cc(Cl)cnc1N1CC(Oc2cccc(F)c2)C1)c1ccc(C(=O)O)cc1. The number of aromatic carboxylic acids is 2. The fraction of sp³-hybridized carbons (Fsp3) is 0.208. The van der Waals surface area contributed by atoms with Crippen molar-refractivity contribution in [2.24, 2.45) is 0 Å². The van der Waals surface area contributed by atoms with E-state index in [9.17, 15) is 28.0 Å². The molecule has 2 aliphatic rings. The molecule has 2 fully saturated rings. The highest BCUT2D eigenvalue weighted by Crippen LogP contribution is 2.30. The minimum Gasteiger partial charge on any atom is -0.487 e. The van der Waals surface area contributed by atoms with Crippen LogP contribution in [0.15, 0.2) is 122 Å². The minimum atomic E-state index is -1.01. The Kier molecular flexibility index (Phi) is 14.6. The molecule has 2 amide bonds. The van der Waals surface area contributed by atoms with Crippen LogP contribution in [-0.4, -0.2) is 82.3 Å². The van der Waals surface area contributed by atoms with Gasteiger partial charge in [0, 0.05) is 18.5 Å². The average Bonchev–Trinajstić information content (AvgIpc) is 3.27. The summed E-state index contributed by atoms with van der Waals surface area (Å²) < 4.78 is 38.0. The third-order valence-electron chi connectivity index (χ3n) is 10.7. The van der Waals surface area contributed by atoms with E-state index in [0.29, 0.717) is 70.5 Å². The molecule has 0 aliphatic carbocycles. The van der Waals surface area contributed by atoms with Crippen LogP contribution < -0.4 is 29.9 Å². The first-order valence-electron chi connectivity index (χ1n) is 20.5. The van der Waals surface area contributed by atoms with Crippen LogP contribution >= 0.6 is 23.2 Å². The zero-order valence-corrected chi connectivity index (χ0v) is 36.8. The van der Waals surface area contributed by atoms with Crippen molar-refractivity contribution < 1.29 is 47.6 Å². The first-order valence-corrected chi connectivity index (χ1v) is 21.3. The number of carboxylic acids is 2. The number of nitrogens with one attached hydrogen (secondary N) is 2. The average molecular weight is 940 g/mol. The monoisotopic (exact) mass is 938 g/mol. The molecule has 14 nitrogen and oxygen atoms in total. The van der Waals surface area contributed by atoms with Gasteiger partial charge in [-0.3, -0.25) is 9.59 Å². The highest BCUT2D eigenvalue weighted by molar-refractivity contribution is 6.31. The highest BCUT2D eigenvalue weighted by Gasteiger charge is 2.34. The Hall–Kier alpha value is -7.30. The van der Waals surface area contributed by atoms with Gasteiger partial charge in [-0.15, -0.1) is 0 Å². The van der Waals surface area contributed by atoms with Crippen LogP contribution in [0.5, 0.6) is 11.5 Å². The molecule has 4 heterocycles.